The molecule has 0 atom stereocenters. The second kappa shape index (κ2) is 5.73. The van der Waals surface area contributed by atoms with Crippen LogP contribution in [0.15, 0.2) is 52.5 Å². The smallest absolute Gasteiger partial charge is 0.200 e. The number of nitrogens with zero attached hydrogens (tertiary/aromatic N) is 1. The molecule has 0 aliphatic carbocycles. The van der Waals surface area contributed by atoms with Gasteiger partial charge >= 0.3 is 0 Å². The van der Waals surface area contributed by atoms with Crippen LogP contribution in [0.4, 0.5) is 0 Å². The molecule has 1 aromatic carbocycles. The molecule has 19 heavy (non-hydrogen) atoms. The van der Waals surface area contributed by atoms with Gasteiger partial charge in [-0.2, -0.15) is 18.4 Å². The second-order valence-corrected chi connectivity index (χ2v) is 7.08. The van der Waals surface area contributed by atoms with Gasteiger partial charge in [0.2, 0.25) is 0 Å². The van der Waals surface area contributed by atoms with Crippen molar-refractivity contribution in [3.63, 3.8) is 0 Å². The van der Waals surface area contributed by atoms with Gasteiger partial charge < -0.3 is 0 Å². The first-order chi connectivity index (χ1) is 8.99. The van der Waals surface area contributed by atoms with Gasteiger partial charge in [-0.25, -0.2) is 0 Å². The zero-order chi connectivity index (χ0) is 13.9. The highest BCUT2D eigenvalue weighted by atomic mass is 35.5. The molecule has 0 amide bonds. The first kappa shape index (κ1) is 14.0. The number of hydrogen-bond acceptors (Lipinski definition) is 4. The van der Waals surface area contributed by atoms with Crippen molar-refractivity contribution in [2.24, 2.45) is 5.10 Å². The fourth-order valence-corrected chi connectivity index (χ4v) is 3.21. The van der Waals surface area contributed by atoms with E-state index in [4.69, 9.17) is 11.6 Å². The lowest BCUT2D eigenvalue weighted by atomic mass is 10.3. The first-order valence-electron chi connectivity index (χ1n) is 5.36. The molecule has 0 fully saturated rings. The molecule has 2 aromatic rings. The van der Waals surface area contributed by atoms with Gasteiger partial charge in [-0.15, -0.1) is 11.3 Å². The molecule has 100 valence electrons. The zero-order valence-corrected chi connectivity index (χ0v) is 12.4. The molecule has 0 aliphatic rings. The van der Waals surface area contributed by atoms with E-state index in [1.54, 1.807) is 37.3 Å². The largest absolute Gasteiger partial charge is 0.276 e. The lowest BCUT2D eigenvalue weighted by Crippen LogP contribution is -2.19. The van der Waals surface area contributed by atoms with Crippen LogP contribution in [0.25, 0.3) is 0 Å². The first-order valence-corrected chi connectivity index (χ1v) is 8.04. The van der Waals surface area contributed by atoms with Crippen LogP contribution in [0.1, 0.15) is 11.8 Å². The number of benzene rings is 1. The molecule has 0 bridgehead atoms. The van der Waals surface area contributed by atoms with Crippen molar-refractivity contribution < 1.29 is 8.42 Å². The van der Waals surface area contributed by atoms with Crippen LogP contribution in [0, 0.1) is 0 Å². The average molecular weight is 315 g/mol. The maximum atomic E-state index is 11.9. The second-order valence-electron chi connectivity index (χ2n) is 3.71. The standard InChI is InChI=1S/C12H11ClN2O2S2/c1-9(11-7-8-12(13)18-11)14-15-19(16,17)10-5-3-2-4-6-10/h2-8,15H,1H3/b14-9+. The zero-order valence-electron chi connectivity index (χ0n) is 10.00. The van der Waals surface area contributed by atoms with E-state index in [0.717, 1.165) is 4.88 Å². The van der Waals surface area contributed by atoms with Gasteiger partial charge in [0.05, 0.1) is 19.8 Å². The minimum absolute atomic E-state index is 0.177. The molecule has 4 nitrogen and oxygen atoms in total. The van der Waals surface area contributed by atoms with Crippen LogP contribution in [0.3, 0.4) is 0 Å². The van der Waals surface area contributed by atoms with Crippen LogP contribution in [-0.2, 0) is 10.0 Å². The van der Waals surface area contributed by atoms with Crippen LogP contribution in [-0.4, -0.2) is 14.1 Å². The number of thiophene rings is 1. The molecule has 0 aliphatic heterocycles. The maximum absolute atomic E-state index is 11.9. The fraction of sp³-hybridized carbons (Fsp3) is 0.0833. The molecule has 1 aromatic heterocycles. The molecule has 0 saturated heterocycles. The Morgan fingerprint density at radius 1 is 1.21 bits per heavy atom. The third-order valence-electron chi connectivity index (χ3n) is 2.32. The predicted octanol–water partition coefficient (Wildman–Crippen LogP) is 3.10. The Morgan fingerprint density at radius 2 is 1.89 bits per heavy atom. The van der Waals surface area contributed by atoms with Crippen LogP contribution in [0.2, 0.25) is 4.34 Å². The van der Waals surface area contributed by atoms with Gasteiger partial charge in [-0.3, -0.25) is 0 Å². The van der Waals surface area contributed by atoms with Gasteiger partial charge in [-0.1, -0.05) is 29.8 Å². The van der Waals surface area contributed by atoms with Crippen molar-refractivity contribution in [2.45, 2.75) is 11.8 Å². The van der Waals surface area contributed by atoms with Gasteiger partial charge in [0.25, 0.3) is 10.0 Å². The molecular weight excluding hydrogens is 304 g/mol. The summed E-state index contributed by atoms with van der Waals surface area (Å²) in [6, 6.07) is 11.6. The Balaban J connectivity index is 2.18. The van der Waals surface area contributed by atoms with Gasteiger partial charge in [0, 0.05) is 0 Å². The Hall–Kier alpha value is -1.37. The molecule has 0 unspecified atom stereocenters. The highest BCUT2D eigenvalue weighted by molar-refractivity contribution is 7.89. The summed E-state index contributed by atoms with van der Waals surface area (Å²) in [5.41, 5.74) is 0.566. The van der Waals surface area contributed by atoms with Gasteiger partial charge in [0.1, 0.15) is 0 Å². The van der Waals surface area contributed by atoms with Gasteiger partial charge in [-0.05, 0) is 31.2 Å². The van der Waals surface area contributed by atoms with Gasteiger partial charge in [0.15, 0.2) is 0 Å². The molecule has 1 heterocycles. The summed E-state index contributed by atoms with van der Waals surface area (Å²) >= 11 is 7.16. The van der Waals surface area contributed by atoms with Crippen molar-refractivity contribution in [3.05, 3.63) is 51.7 Å². The van der Waals surface area contributed by atoms with E-state index in [1.165, 1.54) is 23.5 Å². The monoisotopic (exact) mass is 314 g/mol. The summed E-state index contributed by atoms with van der Waals surface area (Å²) in [5, 5.41) is 3.89. The Kier molecular flexibility index (Phi) is 4.24. The quantitative estimate of drug-likeness (QED) is 0.696. The summed E-state index contributed by atoms with van der Waals surface area (Å²) < 4.78 is 24.5. The number of halogens is 1. The highest BCUT2D eigenvalue weighted by Crippen LogP contribution is 2.21. The number of nitrogens with one attached hydrogen (secondary N) is 1. The predicted molar refractivity (Wildman–Crippen MR) is 78.3 cm³/mol. The van der Waals surface area contributed by atoms with Crippen molar-refractivity contribution in [1.82, 2.24) is 4.83 Å². The number of hydrogen-bond donors (Lipinski definition) is 1. The number of hydrazone groups is 1. The SMILES string of the molecule is C/C(=N\NS(=O)(=O)c1ccccc1)c1ccc(Cl)s1. The molecule has 0 radical (unpaired) electrons. The molecule has 0 spiro atoms. The van der Waals surface area contributed by atoms with E-state index >= 15 is 0 Å². The average Bonchev–Trinajstić information content (AvgIpc) is 2.84. The van der Waals surface area contributed by atoms with E-state index in [-0.39, 0.29) is 4.90 Å². The summed E-state index contributed by atoms with van der Waals surface area (Å²) in [7, 11) is -3.62. The molecule has 2 rings (SSSR count). The van der Waals surface area contributed by atoms with Crippen molar-refractivity contribution >= 4 is 38.7 Å². The van der Waals surface area contributed by atoms with E-state index in [0.29, 0.717) is 10.0 Å². The minimum Gasteiger partial charge on any atom is -0.200 e. The summed E-state index contributed by atoms with van der Waals surface area (Å²) in [4.78, 5) is 3.20. The van der Waals surface area contributed by atoms with Crippen LogP contribution in [0.5, 0.6) is 0 Å². The summed E-state index contributed by atoms with van der Waals surface area (Å²) in [6.07, 6.45) is 0. The fourth-order valence-electron chi connectivity index (χ4n) is 1.34. The minimum atomic E-state index is -3.62. The van der Waals surface area contributed by atoms with E-state index in [2.05, 4.69) is 9.93 Å². The maximum Gasteiger partial charge on any atom is 0.276 e. The van der Waals surface area contributed by atoms with Crippen molar-refractivity contribution in [3.8, 4) is 0 Å². The Morgan fingerprint density at radius 3 is 2.47 bits per heavy atom. The van der Waals surface area contributed by atoms with Crippen molar-refractivity contribution in [2.75, 3.05) is 0 Å². The highest BCUT2D eigenvalue weighted by Gasteiger charge is 2.12. The number of rotatable bonds is 4. The normalized spacial score (nSPS) is 12.4. The topological polar surface area (TPSA) is 58.5 Å². The molecular formula is C12H11ClN2O2S2. The third kappa shape index (κ3) is 3.56. The van der Waals surface area contributed by atoms with E-state index in [1.807, 2.05) is 0 Å². The summed E-state index contributed by atoms with van der Waals surface area (Å²) in [6.45, 7) is 1.72. The number of sulfonamides is 1. The van der Waals surface area contributed by atoms with Crippen molar-refractivity contribution in [1.29, 1.82) is 0 Å². The Labute approximate surface area is 120 Å². The third-order valence-corrected chi connectivity index (χ3v) is 4.88. The molecule has 7 heteroatoms. The lowest BCUT2D eigenvalue weighted by molar-refractivity contribution is 0.584. The summed E-state index contributed by atoms with van der Waals surface area (Å²) in [5.74, 6) is 0. The molecule has 0 saturated carbocycles. The van der Waals surface area contributed by atoms with Crippen LogP contribution < -0.4 is 4.83 Å². The Bertz CT molecular complexity index is 694. The van der Waals surface area contributed by atoms with Crippen LogP contribution >= 0.6 is 22.9 Å². The molecule has 1 N–H and O–H groups in total. The van der Waals surface area contributed by atoms with E-state index < -0.39 is 10.0 Å². The van der Waals surface area contributed by atoms with E-state index in [9.17, 15) is 8.42 Å². The lowest BCUT2D eigenvalue weighted by Gasteiger charge is -2.03.